The number of rotatable bonds is 2. The maximum atomic E-state index is 12.6. The minimum Gasteiger partial charge on any atom is -0.351 e. The van der Waals surface area contributed by atoms with Crippen molar-refractivity contribution in [2.24, 2.45) is 0 Å². The van der Waals surface area contributed by atoms with Gasteiger partial charge in [0.1, 0.15) is 18.8 Å². The van der Waals surface area contributed by atoms with Gasteiger partial charge in [0, 0.05) is 18.3 Å². The largest absolute Gasteiger partial charge is 0.351 e. The van der Waals surface area contributed by atoms with Gasteiger partial charge in [-0.15, -0.1) is 0 Å². The molecule has 0 radical (unpaired) electrons. The molecule has 2 heterocycles. The Bertz CT molecular complexity index is 316. The molecule has 1 aliphatic heterocycles. The summed E-state index contributed by atoms with van der Waals surface area (Å²) in [5.74, 6) is 0.859. The molecule has 1 fully saturated rings. The molecule has 0 N–H and O–H groups in total. The van der Waals surface area contributed by atoms with Crippen LogP contribution < -0.4 is 4.90 Å². The van der Waals surface area contributed by atoms with Crippen LogP contribution in [0.4, 0.5) is 10.2 Å². The van der Waals surface area contributed by atoms with E-state index in [0.29, 0.717) is 0 Å². The molecule has 0 saturated carbocycles. The molecule has 1 aliphatic rings. The summed E-state index contributed by atoms with van der Waals surface area (Å²) in [4.78, 5) is 10.2. The summed E-state index contributed by atoms with van der Waals surface area (Å²) >= 11 is 0. The minimum absolute atomic E-state index is 0.0179. The first-order valence-corrected chi connectivity index (χ1v) is 4.92. The second kappa shape index (κ2) is 3.90. The number of anilines is 1. The van der Waals surface area contributed by atoms with Gasteiger partial charge in [0.25, 0.3) is 0 Å². The Morgan fingerprint density at radius 2 is 2.43 bits per heavy atom. The third-order valence-corrected chi connectivity index (χ3v) is 2.64. The van der Waals surface area contributed by atoms with Gasteiger partial charge in [0.05, 0.1) is 6.04 Å². The van der Waals surface area contributed by atoms with Crippen molar-refractivity contribution in [2.75, 3.05) is 18.1 Å². The predicted octanol–water partition coefficient (Wildman–Crippen LogP) is 1.72. The zero-order valence-corrected chi connectivity index (χ0v) is 8.28. The molecule has 0 spiro atoms. The summed E-state index contributed by atoms with van der Waals surface area (Å²) in [5.41, 5.74) is 0.930. The van der Waals surface area contributed by atoms with Gasteiger partial charge in [-0.2, -0.15) is 0 Å². The molecule has 0 amide bonds. The lowest BCUT2D eigenvalue weighted by molar-refractivity contribution is 0.427. The van der Waals surface area contributed by atoms with Crippen LogP contribution in [0.2, 0.25) is 0 Å². The Kier molecular flexibility index (Phi) is 2.61. The molecule has 1 unspecified atom stereocenters. The fourth-order valence-corrected chi connectivity index (χ4v) is 1.90. The molecule has 4 heteroatoms. The van der Waals surface area contributed by atoms with E-state index in [4.69, 9.17) is 0 Å². The number of nitrogens with zero attached hydrogens (tertiary/aromatic N) is 3. The van der Waals surface area contributed by atoms with Crippen molar-refractivity contribution in [3.8, 4) is 0 Å². The first kappa shape index (κ1) is 9.37. The fraction of sp³-hybridized carbons (Fsp3) is 0.600. The molecule has 0 aliphatic carbocycles. The maximum absolute atomic E-state index is 12.6. The van der Waals surface area contributed by atoms with Gasteiger partial charge in [0.15, 0.2) is 0 Å². The van der Waals surface area contributed by atoms with Crippen LogP contribution in [0.15, 0.2) is 12.4 Å². The molecule has 1 aromatic heterocycles. The van der Waals surface area contributed by atoms with E-state index in [1.165, 1.54) is 6.33 Å². The molecule has 0 bridgehead atoms. The summed E-state index contributed by atoms with van der Waals surface area (Å²) in [5, 5.41) is 0. The van der Waals surface area contributed by atoms with E-state index in [1.807, 2.05) is 17.9 Å². The Morgan fingerprint density at radius 1 is 1.57 bits per heavy atom. The van der Waals surface area contributed by atoms with Crippen LogP contribution in [-0.2, 0) is 0 Å². The summed E-state index contributed by atoms with van der Waals surface area (Å²) in [6, 6.07) is 1.93. The Labute approximate surface area is 83.0 Å². The van der Waals surface area contributed by atoms with E-state index in [-0.39, 0.29) is 12.7 Å². The lowest BCUT2D eigenvalue weighted by Crippen LogP contribution is -2.31. The third-order valence-electron chi connectivity index (χ3n) is 2.64. The lowest BCUT2D eigenvalue weighted by Gasteiger charge is -2.23. The van der Waals surface area contributed by atoms with Crippen LogP contribution in [0.3, 0.4) is 0 Å². The molecule has 1 saturated heterocycles. The fourth-order valence-electron chi connectivity index (χ4n) is 1.90. The van der Waals surface area contributed by atoms with Gasteiger partial charge in [-0.25, -0.2) is 14.4 Å². The van der Waals surface area contributed by atoms with Crippen molar-refractivity contribution in [2.45, 2.75) is 25.8 Å². The number of halogens is 1. The van der Waals surface area contributed by atoms with E-state index in [0.717, 1.165) is 30.9 Å². The number of aryl methyl sites for hydroxylation is 1. The number of hydrogen-bond acceptors (Lipinski definition) is 3. The van der Waals surface area contributed by atoms with Crippen LogP contribution in [0, 0.1) is 6.92 Å². The minimum atomic E-state index is -0.289. The smallest absolute Gasteiger partial charge is 0.132 e. The lowest BCUT2D eigenvalue weighted by atomic mass is 10.2. The second-order valence-corrected chi connectivity index (χ2v) is 3.66. The molecule has 76 valence electrons. The van der Waals surface area contributed by atoms with Crippen molar-refractivity contribution < 1.29 is 4.39 Å². The van der Waals surface area contributed by atoms with Crippen LogP contribution in [0.25, 0.3) is 0 Å². The maximum Gasteiger partial charge on any atom is 0.132 e. The number of hydrogen-bond donors (Lipinski definition) is 0. The first-order valence-electron chi connectivity index (χ1n) is 4.92. The van der Waals surface area contributed by atoms with Crippen LogP contribution in [0.1, 0.15) is 18.5 Å². The van der Waals surface area contributed by atoms with Gasteiger partial charge in [0.2, 0.25) is 0 Å². The zero-order chi connectivity index (χ0) is 9.97. The van der Waals surface area contributed by atoms with Gasteiger partial charge in [-0.3, -0.25) is 0 Å². The van der Waals surface area contributed by atoms with Gasteiger partial charge in [-0.1, -0.05) is 0 Å². The van der Waals surface area contributed by atoms with Gasteiger partial charge >= 0.3 is 0 Å². The van der Waals surface area contributed by atoms with Crippen LogP contribution in [-0.4, -0.2) is 29.2 Å². The van der Waals surface area contributed by atoms with E-state index in [2.05, 4.69) is 9.97 Å². The highest BCUT2D eigenvalue weighted by atomic mass is 19.1. The molecule has 1 atom stereocenters. The van der Waals surface area contributed by atoms with Gasteiger partial charge < -0.3 is 4.90 Å². The Hall–Kier alpha value is -1.19. The molecular formula is C10H14FN3. The van der Waals surface area contributed by atoms with E-state index in [1.54, 1.807) is 0 Å². The second-order valence-electron chi connectivity index (χ2n) is 3.66. The monoisotopic (exact) mass is 195 g/mol. The molecule has 2 rings (SSSR count). The average molecular weight is 195 g/mol. The predicted molar refractivity (Wildman–Crippen MR) is 53.1 cm³/mol. The Balaban J connectivity index is 2.21. The topological polar surface area (TPSA) is 29.0 Å². The highest BCUT2D eigenvalue weighted by molar-refractivity contribution is 5.41. The summed E-state index contributed by atoms with van der Waals surface area (Å²) in [7, 11) is 0. The highest BCUT2D eigenvalue weighted by Gasteiger charge is 2.25. The van der Waals surface area contributed by atoms with Gasteiger partial charge in [-0.05, 0) is 19.8 Å². The quantitative estimate of drug-likeness (QED) is 0.719. The summed E-state index contributed by atoms with van der Waals surface area (Å²) < 4.78 is 12.6. The third kappa shape index (κ3) is 1.69. The summed E-state index contributed by atoms with van der Waals surface area (Å²) in [6.45, 7) is 2.54. The zero-order valence-electron chi connectivity index (χ0n) is 8.28. The normalized spacial score (nSPS) is 21.6. The molecule has 3 nitrogen and oxygen atoms in total. The molecule has 0 aromatic carbocycles. The average Bonchev–Trinajstić information content (AvgIpc) is 2.65. The standard InChI is InChI=1S/C10H14FN3/c1-8-5-10(13-7-12-8)14-4-2-3-9(14)6-11/h5,7,9H,2-4,6H2,1H3. The number of aromatic nitrogens is 2. The Morgan fingerprint density at radius 3 is 3.14 bits per heavy atom. The molecule has 1 aromatic rings. The van der Waals surface area contributed by atoms with Crippen LogP contribution >= 0.6 is 0 Å². The SMILES string of the molecule is Cc1cc(N2CCCC2CF)ncn1. The van der Waals surface area contributed by atoms with Crippen molar-refractivity contribution in [3.63, 3.8) is 0 Å². The highest BCUT2D eigenvalue weighted by Crippen LogP contribution is 2.23. The van der Waals surface area contributed by atoms with Crippen molar-refractivity contribution in [3.05, 3.63) is 18.1 Å². The van der Waals surface area contributed by atoms with E-state index in [9.17, 15) is 4.39 Å². The summed E-state index contributed by atoms with van der Waals surface area (Å²) in [6.07, 6.45) is 3.52. The molecule has 14 heavy (non-hydrogen) atoms. The van der Waals surface area contributed by atoms with Crippen LogP contribution in [0.5, 0.6) is 0 Å². The first-order chi connectivity index (χ1) is 6.81. The molecular weight excluding hydrogens is 181 g/mol. The van der Waals surface area contributed by atoms with Crippen molar-refractivity contribution in [1.29, 1.82) is 0 Å². The van der Waals surface area contributed by atoms with E-state index >= 15 is 0 Å². The van der Waals surface area contributed by atoms with Crippen molar-refractivity contribution in [1.82, 2.24) is 9.97 Å². The number of alkyl halides is 1. The van der Waals surface area contributed by atoms with E-state index < -0.39 is 0 Å². The van der Waals surface area contributed by atoms with Crippen molar-refractivity contribution >= 4 is 5.82 Å².